The minimum absolute atomic E-state index is 0.200. The minimum atomic E-state index is -0.200. The summed E-state index contributed by atoms with van der Waals surface area (Å²) in [6.45, 7) is 3.99. The molecule has 20 heavy (non-hydrogen) atoms. The van der Waals surface area contributed by atoms with E-state index in [1.54, 1.807) is 6.07 Å². The van der Waals surface area contributed by atoms with Gasteiger partial charge in [0.05, 0.1) is 0 Å². The van der Waals surface area contributed by atoms with E-state index >= 15 is 0 Å². The molecule has 1 atom stereocenters. The van der Waals surface area contributed by atoms with Crippen LogP contribution >= 0.6 is 11.3 Å². The van der Waals surface area contributed by atoms with Crippen LogP contribution in [0, 0.1) is 5.82 Å². The lowest BCUT2D eigenvalue weighted by molar-refractivity contribution is 0.267. The highest BCUT2D eigenvalue weighted by atomic mass is 32.1. The van der Waals surface area contributed by atoms with Crippen LogP contribution in [0.25, 0.3) is 0 Å². The van der Waals surface area contributed by atoms with Gasteiger partial charge in [0.15, 0.2) is 0 Å². The molecule has 1 aromatic carbocycles. The normalized spacial score (nSPS) is 12.6. The molecule has 108 valence electrons. The maximum Gasteiger partial charge on any atom is 0.125 e. The molecule has 1 unspecified atom stereocenters. The third kappa shape index (κ3) is 4.62. The SMILES string of the molecule is CC(Cc1cccs1)N(C)CCNc1cccc(F)c1. The highest BCUT2D eigenvalue weighted by molar-refractivity contribution is 7.09. The average Bonchev–Trinajstić information content (AvgIpc) is 2.91. The number of nitrogens with one attached hydrogen (secondary N) is 1. The highest BCUT2D eigenvalue weighted by Gasteiger charge is 2.10. The molecule has 0 aliphatic rings. The zero-order valence-electron chi connectivity index (χ0n) is 12.0. The molecule has 1 aromatic heterocycles. The van der Waals surface area contributed by atoms with E-state index < -0.39 is 0 Å². The summed E-state index contributed by atoms with van der Waals surface area (Å²) in [5.41, 5.74) is 0.837. The average molecular weight is 292 g/mol. The monoisotopic (exact) mass is 292 g/mol. The molecule has 2 nitrogen and oxygen atoms in total. The number of rotatable bonds is 7. The van der Waals surface area contributed by atoms with Crippen molar-refractivity contribution in [3.63, 3.8) is 0 Å². The van der Waals surface area contributed by atoms with Gasteiger partial charge in [-0.05, 0) is 50.0 Å². The van der Waals surface area contributed by atoms with Gasteiger partial charge in [0.2, 0.25) is 0 Å². The van der Waals surface area contributed by atoms with Gasteiger partial charge in [0, 0.05) is 29.7 Å². The lowest BCUT2D eigenvalue weighted by atomic mass is 10.2. The Balaban J connectivity index is 1.73. The van der Waals surface area contributed by atoms with Crippen LogP contribution in [0.4, 0.5) is 10.1 Å². The van der Waals surface area contributed by atoms with Crippen LogP contribution in [-0.4, -0.2) is 31.1 Å². The van der Waals surface area contributed by atoms with E-state index in [-0.39, 0.29) is 5.82 Å². The Morgan fingerprint density at radius 1 is 1.30 bits per heavy atom. The molecule has 0 radical (unpaired) electrons. The first-order valence-electron chi connectivity index (χ1n) is 6.87. The molecule has 1 heterocycles. The molecule has 0 saturated heterocycles. The molecule has 0 spiro atoms. The molecule has 1 N–H and O–H groups in total. The number of halogens is 1. The van der Waals surface area contributed by atoms with Crippen molar-refractivity contribution in [1.29, 1.82) is 0 Å². The Kier molecular flexibility index (Phi) is 5.56. The van der Waals surface area contributed by atoms with E-state index in [4.69, 9.17) is 0 Å². The molecule has 0 fully saturated rings. The molecule has 0 bridgehead atoms. The quantitative estimate of drug-likeness (QED) is 0.833. The Bertz CT molecular complexity index is 513. The molecular formula is C16H21FN2S. The molecular weight excluding hydrogens is 271 g/mol. The lowest BCUT2D eigenvalue weighted by Crippen LogP contribution is -2.34. The van der Waals surface area contributed by atoms with Crippen molar-refractivity contribution < 1.29 is 4.39 Å². The van der Waals surface area contributed by atoms with E-state index in [1.807, 2.05) is 17.4 Å². The Morgan fingerprint density at radius 3 is 2.85 bits per heavy atom. The topological polar surface area (TPSA) is 15.3 Å². The standard InChI is InChI=1S/C16H21FN2S/c1-13(11-16-7-4-10-20-16)19(2)9-8-18-15-6-3-5-14(17)12-15/h3-7,10,12-13,18H,8-9,11H2,1-2H3. The number of nitrogens with zero attached hydrogens (tertiary/aromatic N) is 1. The second-order valence-electron chi connectivity index (χ2n) is 5.05. The maximum atomic E-state index is 13.0. The Labute approximate surface area is 124 Å². The first-order chi connectivity index (χ1) is 9.65. The summed E-state index contributed by atoms with van der Waals surface area (Å²) >= 11 is 1.81. The zero-order valence-corrected chi connectivity index (χ0v) is 12.8. The summed E-state index contributed by atoms with van der Waals surface area (Å²) in [5, 5.41) is 5.37. The minimum Gasteiger partial charge on any atom is -0.384 e. The third-order valence-corrected chi connectivity index (χ3v) is 4.35. The number of hydrogen-bond acceptors (Lipinski definition) is 3. The fraction of sp³-hybridized carbons (Fsp3) is 0.375. The van der Waals surface area contributed by atoms with Crippen molar-refractivity contribution >= 4 is 17.0 Å². The van der Waals surface area contributed by atoms with Crippen molar-refractivity contribution in [3.8, 4) is 0 Å². The van der Waals surface area contributed by atoms with Crippen LogP contribution in [0.5, 0.6) is 0 Å². The molecule has 0 amide bonds. The van der Waals surface area contributed by atoms with Gasteiger partial charge in [-0.1, -0.05) is 12.1 Å². The van der Waals surface area contributed by atoms with E-state index in [1.165, 1.54) is 17.0 Å². The van der Waals surface area contributed by atoms with Crippen molar-refractivity contribution in [2.45, 2.75) is 19.4 Å². The van der Waals surface area contributed by atoms with Crippen molar-refractivity contribution in [2.75, 3.05) is 25.5 Å². The second-order valence-corrected chi connectivity index (χ2v) is 6.08. The van der Waals surface area contributed by atoms with Gasteiger partial charge < -0.3 is 10.2 Å². The third-order valence-electron chi connectivity index (χ3n) is 3.45. The number of thiophene rings is 1. The number of likely N-dealkylation sites (N-methyl/N-ethyl adjacent to an activating group) is 1. The summed E-state index contributed by atoms with van der Waals surface area (Å²) in [6.07, 6.45) is 1.08. The number of benzene rings is 1. The molecule has 0 saturated carbocycles. The summed E-state index contributed by atoms with van der Waals surface area (Å²) in [4.78, 5) is 3.74. The van der Waals surface area contributed by atoms with Crippen LogP contribution in [0.2, 0.25) is 0 Å². The fourth-order valence-electron chi connectivity index (χ4n) is 2.07. The summed E-state index contributed by atoms with van der Waals surface area (Å²) in [7, 11) is 2.13. The van der Waals surface area contributed by atoms with Gasteiger partial charge in [-0.25, -0.2) is 4.39 Å². The maximum absolute atomic E-state index is 13.0. The smallest absolute Gasteiger partial charge is 0.125 e. The van der Waals surface area contributed by atoms with E-state index in [9.17, 15) is 4.39 Å². The van der Waals surface area contributed by atoms with Crippen molar-refractivity contribution in [2.24, 2.45) is 0 Å². The first kappa shape index (κ1) is 15.0. The molecule has 0 aliphatic carbocycles. The van der Waals surface area contributed by atoms with Crippen molar-refractivity contribution in [3.05, 3.63) is 52.5 Å². The van der Waals surface area contributed by atoms with Gasteiger partial charge in [-0.15, -0.1) is 11.3 Å². The van der Waals surface area contributed by atoms with E-state index in [2.05, 4.69) is 41.7 Å². The molecule has 4 heteroatoms. The predicted octanol–water partition coefficient (Wildman–Crippen LogP) is 3.86. The van der Waals surface area contributed by atoms with Crippen LogP contribution in [0.3, 0.4) is 0 Å². The lowest BCUT2D eigenvalue weighted by Gasteiger charge is -2.24. The number of anilines is 1. The van der Waals surface area contributed by atoms with E-state index in [0.29, 0.717) is 6.04 Å². The van der Waals surface area contributed by atoms with Crippen LogP contribution in [-0.2, 0) is 6.42 Å². The Hall–Kier alpha value is -1.39. The van der Waals surface area contributed by atoms with Gasteiger partial charge in [-0.2, -0.15) is 0 Å². The molecule has 0 aliphatic heterocycles. The largest absolute Gasteiger partial charge is 0.384 e. The van der Waals surface area contributed by atoms with Gasteiger partial charge in [-0.3, -0.25) is 0 Å². The second kappa shape index (κ2) is 7.41. The molecule has 2 rings (SSSR count). The van der Waals surface area contributed by atoms with E-state index in [0.717, 1.165) is 25.2 Å². The molecule has 2 aromatic rings. The fourth-order valence-corrected chi connectivity index (χ4v) is 2.90. The summed E-state index contributed by atoms with van der Waals surface area (Å²) in [6, 6.07) is 11.4. The predicted molar refractivity (Wildman–Crippen MR) is 85.0 cm³/mol. The van der Waals surface area contributed by atoms with Gasteiger partial charge >= 0.3 is 0 Å². The Morgan fingerprint density at radius 2 is 2.15 bits per heavy atom. The number of hydrogen-bond donors (Lipinski definition) is 1. The van der Waals surface area contributed by atoms with Crippen LogP contribution < -0.4 is 5.32 Å². The summed E-state index contributed by atoms with van der Waals surface area (Å²) < 4.78 is 13.0. The highest BCUT2D eigenvalue weighted by Crippen LogP contribution is 2.13. The first-order valence-corrected chi connectivity index (χ1v) is 7.75. The van der Waals surface area contributed by atoms with Crippen molar-refractivity contribution in [1.82, 2.24) is 4.90 Å². The zero-order chi connectivity index (χ0) is 14.4. The van der Waals surface area contributed by atoms with Crippen LogP contribution in [0.15, 0.2) is 41.8 Å². The van der Waals surface area contributed by atoms with Gasteiger partial charge in [0.1, 0.15) is 5.82 Å². The van der Waals surface area contributed by atoms with Crippen LogP contribution in [0.1, 0.15) is 11.8 Å². The summed E-state index contributed by atoms with van der Waals surface area (Å²) in [5.74, 6) is -0.200. The van der Waals surface area contributed by atoms with Gasteiger partial charge in [0.25, 0.3) is 0 Å².